The van der Waals surface area contributed by atoms with Crippen LogP contribution in [0, 0.1) is 0 Å². The summed E-state index contributed by atoms with van der Waals surface area (Å²) in [6, 6.07) is 78.1. The number of aromatic nitrogens is 2. The Kier molecular flexibility index (Phi) is 7.43. The van der Waals surface area contributed by atoms with Gasteiger partial charge in [0.05, 0.1) is 16.7 Å². The molecule has 0 radical (unpaired) electrons. The average molecular weight is 809 g/mol. The Bertz CT molecular complexity index is 4320. The molecule has 0 N–H and O–H groups in total. The van der Waals surface area contributed by atoms with Gasteiger partial charge in [0.25, 0.3) is 0 Å². The van der Waals surface area contributed by atoms with Crippen LogP contribution in [-0.2, 0) is 0 Å². The van der Waals surface area contributed by atoms with Crippen molar-refractivity contribution >= 4 is 108 Å². The Hall–Kier alpha value is -8.46. The molecule has 294 valence electrons. The van der Waals surface area contributed by atoms with Crippen molar-refractivity contribution in [2.24, 2.45) is 0 Å². The summed E-state index contributed by atoms with van der Waals surface area (Å²) >= 11 is 0. The van der Waals surface area contributed by atoms with Gasteiger partial charge in [-0.05, 0) is 140 Å². The van der Waals surface area contributed by atoms with Crippen LogP contribution in [0.4, 0.5) is 0 Å². The Morgan fingerprint density at radius 3 is 1.50 bits per heavy atom. The first-order chi connectivity index (χ1) is 31.7. The van der Waals surface area contributed by atoms with E-state index in [-0.39, 0.29) is 0 Å². The van der Waals surface area contributed by atoms with Gasteiger partial charge in [0.15, 0.2) is 0 Å². The SMILES string of the molecule is c1ccc2c(c1)ccc1cc(-c3ccc4cc(-c5ccc6c(ccc7cc(-c8ccc9ccc%10cccnc%10c9c8)c8ccccc8c76)c5)c5ccccc5c4n3)c3ccccc3c12. The van der Waals surface area contributed by atoms with Crippen molar-refractivity contribution in [3.05, 3.63) is 219 Å². The summed E-state index contributed by atoms with van der Waals surface area (Å²) in [7, 11) is 0. The minimum absolute atomic E-state index is 0.982. The summed E-state index contributed by atoms with van der Waals surface area (Å²) in [5.74, 6) is 0. The van der Waals surface area contributed by atoms with Crippen LogP contribution in [0.15, 0.2) is 219 Å². The largest absolute Gasteiger partial charge is 0.256 e. The van der Waals surface area contributed by atoms with Gasteiger partial charge >= 0.3 is 0 Å². The molecule has 14 rings (SSSR count). The Labute approximate surface area is 368 Å². The van der Waals surface area contributed by atoms with Crippen LogP contribution in [0.1, 0.15) is 0 Å². The zero-order chi connectivity index (χ0) is 41.9. The topological polar surface area (TPSA) is 25.8 Å². The van der Waals surface area contributed by atoms with Crippen LogP contribution in [0.25, 0.3) is 141 Å². The number of hydrogen-bond acceptors (Lipinski definition) is 2. The molecule has 12 aromatic carbocycles. The summed E-state index contributed by atoms with van der Waals surface area (Å²) in [5.41, 5.74) is 9.02. The van der Waals surface area contributed by atoms with Crippen molar-refractivity contribution in [3.63, 3.8) is 0 Å². The van der Waals surface area contributed by atoms with Gasteiger partial charge in [0, 0.05) is 33.3 Å². The maximum atomic E-state index is 5.49. The number of rotatable bonds is 3. The summed E-state index contributed by atoms with van der Waals surface area (Å²) in [4.78, 5) is 10.3. The molecule has 64 heavy (non-hydrogen) atoms. The van der Waals surface area contributed by atoms with Crippen molar-refractivity contribution in [3.8, 4) is 33.5 Å². The van der Waals surface area contributed by atoms with Gasteiger partial charge < -0.3 is 0 Å². The fraction of sp³-hybridized carbons (Fsp3) is 0. The molecule has 0 spiro atoms. The molecule has 2 heterocycles. The molecule has 0 saturated heterocycles. The minimum atomic E-state index is 0.982. The zero-order valence-electron chi connectivity index (χ0n) is 34.7. The van der Waals surface area contributed by atoms with E-state index in [1.807, 2.05) is 12.3 Å². The average Bonchev–Trinajstić information content (AvgIpc) is 3.37. The normalized spacial score (nSPS) is 12.1. The summed E-state index contributed by atoms with van der Waals surface area (Å²) in [6.45, 7) is 0. The summed E-state index contributed by atoms with van der Waals surface area (Å²) in [6.07, 6.45) is 1.89. The predicted molar refractivity (Wildman–Crippen MR) is 273 cm³/mol. The van der Waals surface area contributed by atoms with Crippen LogP contribution in [0.2, 0.25) is 0 Å². The molecule has 2 aromatic heterocycles. The standard InChI is InChI=1S/C62H36N2/c1-2-12-46-37(10-1)21-25-44-35-57(49-14-4-7-17-52(49)59(44)46)58-30-28-45-36-55(50-15-5-8-18-53(50)62(45)64-58)41-27-29-47-40(32-41)24-26-43-34-54(48-13-3-6-16-51(48)60(43)47)42-23-20-38-19-22-39-11-9-31-63-61(39)56(38)33-42/h1-36H. The van der Waals surface area contributed by atoms with Gasteiger partial charge in [-0.15, -0.1) is 0 Å². The van der Waals surface area contributed by atoms with Crippen molar-refractivity contribution in [1.29, 1.82) is 0 Å². The lowest BCUT2D eigenvalue weighted by atomic mass is 9.88. The van der Waals surface area contributed by atoms with Gasteiger partial charge in [-0.25, -0.2) is 4.98 Å². The molecule has 0 fully saturated rings. The van der Waals surface area contributed by atoms with Crippen LogP contribution < -0.4 is 0 Å². The van der Waals surface area contributed by atoms with E-state index in [9.17, 15) is 0 Å². The van der Waals surface area contributed by atoms with Gasteiger partial charge in [-0.2, -0.15) is 0 Å². The van der Waals surface area contributed by atoms with Gasteiger partial charge in [-0.3, -0.25) is 4.98 Å². The van der Waals surface area contributed by atoms with Crippen molar-refractivity contribution in [1.82, 2.24) is 9.97 Å². The smallest absolute Gasteiger partial charge is 0.0788 e. The lowest BCUT2D eigenvalue weighted by Crippen LogP contribution is -1.92. The first kappa shape index (κ1) is 35.2. The van der Waals surface area contributed by atoms with Gasteiger partial charge in [0.2, 0.25) is 0 Å². The number of nitrogens with zero attached hydrogens (tertiary/aromatic N) is 2. The van der Waals surface area contributed by atoms with E-state index >= 15 is 0 Å². The molecule has 0 saturated carbocycles. The second kappa shape index (κ2) is 13.5. The highest BCUT2D eigenvalue weighted by Gasteiger charge is 2.17. The third-order valence-corrected chi connectivity index (χ3v) is 13.8. The highest BCUT2D eigenvalue weighted by atomic mass is 14.7. The second-order valence-electron chi connectivity index (χ2n) is 17.2. The number of pyridine rings is 2. The van der Waals surface area contributed by atoms with E-state index < -0.39 is 0 Å². The minimum Gasteiger partial charge on any atom is -0.256 e. The zero-order valence-corrected chi connectivity index (χ0v) is 34.7. The molecule has 14 aromatic rings. The number of hydrogen-bond donors (Lipinski definition) is 0. The third-order valence-electron chi connectivity index (χ3n) is 13.8. The van der Waals surface area contributed by atoms with E-state index in [1.165, 1.54) is 103 Å². The van der Waals surface area contributed by atoms with Crippen LogP contribution in [-0.4, -0.2) is 9.97 Å². The molecular formula is C62H36N2. The molecule has 2 heteroatoms. The molecular weight excluding hydrogens is 773 g/mol. The first-order valence-electron chi connectivity index (χ1n) is 22.0. The molecule has 0 bridgehead atoms. The summed E-state index contributed by atoms with van der Waals surface area (Å²) < 4.78 is 0. The highest BCUT2D eigenvalue weighted by molar-refractivity contribution is 6.25. The van der Waals surface area contributed by atoms with Gasteiger partial charge in [0.1, 0.15) is 0 Å². The lowest BCUT2D eigenvalue weighted by molar-refractivity contribution is 1.42. The van der Waals surface area contributed by atoms with E-state index in [0.29, 0.717) is 0 Å². The molecule has 2 nitrogen and oxygen atoms in total. The van der Waals surface area contributed by atoms with Gasteiger partial charge in [-0.1, -0.05) is 170 Å². The quantitative estimate of drug-likeness (QED) is 0.166. The van der Waals surface area contributed by atoms with Crippen LogP contribution >= 0.6 is 0 Å². The first-order valence-corrected chi connectivity index (χ1v) is 22.0. The van der Waals surface area contributed by atoms with Crippen molar-refractivity contribution < 1.29 is 0 Å². The van der Waals surface area contributed by atoms with E-state index in [1.54, 1.807) is 0 Å². The fourth-order valence-corrected chi connectivity index (χ4v) is 10.8. The van der Waals surface area contributed by atoms with E-state index in [0.717, 1.165) is 38.4 Å². The van der Waals surface area contributed by atoms with E-state index in [2.05, 4.69) is 206 Å². The van der Waals surface area contributed by atoms with Crippen LogP contribution in [0.3, 0.4) is 0 Å². The Morgan fingerprint density at radius 2 is 0.734 bits per heavy atom. The second-order valence-corrected chi connectivity index (χ2v) is 17.2. The predicted octanol–water partition coefficient (Wildman–Crippen LogP) is 17.0. The molecule has 0 aliphatic carbocycles. The highest BCUT2D eigenvalue weighted by Crippen LogP contribution is 2.43. The molecule has 0 atom stereocenters. The van der Waals surface area contributed by atoms with E-state index in [4.69, 9.17) is 9.97 Å². The maximum absolute atomic E-state index is 5.49. The molecule has 0 unspecified atom stereocenters. The monoisotopic (exact) mass is 808 g/mol. The maximum Gasteiger partial charge on any atom is 0.0788 e. The number of benzene rings is 12. The Balaban J connectivity index is 0.914. The van der Waals surface area contributed by atoms with Crippen molar-refractivity contribution in [2.45, 2.75) is 0 Å². The van der Waals surface area contributed by atoms with Crippen LogP contribution in [0.5, 0.6) is 0 Å². The third kappa shape index (κ3) is 5.20. The molecule has 0 aliphatic heterocycles. The molecule has 0 aliphatic rings. The number of fused-ring (bicyclic) bond motifs is 16. The fourth-order valence-electron chi connectivity index (χ4n) is 10.8. The summed E-state index contributed by atoms with van der Waals surface area (Å²) in [5, 5.41) is 22.0. The Morgan fingerprint density at radius 1 is 0.250 bits per heavy atom. The van der Waals surface area contributed by atoms with Crippen molar-refractivity contribution in [2.75, 3.05) is 0 Å². The molecule has 0 amide bonds. The lowest BCUT2D eigenvalue weighted by Gasteiger charge is -2.16.